The molecule has 3 N–H and O–H groups in total. The fourth-order valence-electron chi connectivity index (χ4n) is 1.74. The number of benzene rings is 1. The molecular weight excluding hydrogens is 286 g/mol. The molecule has 0 bridgehead atoms. The van der Waals surface area contributed by atoms with Gasteiger partial charge >= 0.3 is 6.03 Å². The average Bonchev–Trinajstić information content (AvgIpc) is 3.04. The lowest BCUT2D eigenvalue weighted by Crippen LogP contribution is -2.34. The van der Waals surface area contributed by atoms with Gasteiger partial charge in [-0.3, -0.25) is 4.79 Å². The van der Waals surface area contributed by atoms with E-state index < -0.39 is 0 Å². The predicted molar refractivity (Wildman–Crippen MR) is 83.2 cm³/mol. The van der Waals surface area contributed by atoms with Crippen LogP contribution in [-0.4, -0.2) is 19.0 Å². The van der Waals surface area contributed by atoms with Gasteiger partial charge in [0, 0.05) is 24.0 Å². The molecule has 3 amide bonds. The molecule has 2 aromatic rings. The van der Waals surface area contributed by atoms with E-state index in [0.717, 1.165) is 10.4 Å². The maximum atomic E-state index is 11.7. The van der Waals surface area contributed by atoms with Crippen molar-refractivity contribution in [2.45, 2.75) is 13.1 Å². The van der Waals surface area contributed by atoms with Crippen LogP contribution >= 0.6 is 11.3 Å². The van der Waals surface area contributed by atoms with Gasteiger partial charge in [0.05, 0.1) is 6.54 Å². The minimum Gasteiger partial charge on any atom is -0.355 e. The monoisotopic (exact) mass is 303 g/mol. The highest BCUT2D eigenvalue weighted by atomic mass is 32.1. The summed E-state index contributed by atoms with van der Waals surface area (Å²) in [6.07, 6.45) is 0. The first-order chi connectivity index (χ1) is 10.2. The van der Waals surface area contributed by atoms with Gasteiger partial charge in [-0.05, 0) is 29.1 Å². The minimum atomic E-state index is -0.209. The molecule has 0 aliphatic carbocycles. The third-order valence-corrected chi connectivity index (χ3v) is 3.78. The topological polar surface area (TPSA) is 70.2 Å². The number of rotatable bonds is 5. The first-order valence-electron chi connectivity index (χ1n) is 6.54. The highest BCUT2D eigenvalue weighted by Crippen LogP contribution is 2.07. The van der Waals surface area contributed by atoms with Gasteiger partial charge in [-0.1, -0.05) is 18.2 Å². The Morgan fingerprint density at radius 1 is 1.05 bits per heavy atom. The van der Waals surface area contributed by atoms with Gasteiger partial charge in [0.2, 0.25) is 0 Å². The van der Waals surface area contributed by atoms with Crippen LogP contribution in [0.4, 0.5) is 4.79 Å². The highest BCUT2D eigenvalue weighted by Gasteiger charge is 2.04. The summed E-state index contributed by atoms with van der Waals surface area (Å²) in [7, 11) is 1.59. The number of carbonyl (C=O) groups excluding carboxylic acids is 2. The summed E-state index contributed by atoms with van der Waals surface area (Å²) in [5.41, 5.74) is 1.54. The lowest BCUT2D eigenvalue weighted by atomic mass is 10.1. The molecule has 0 saturated carbocycles. The summed E-state index contributed by atoms with van der Waals surface area (Å²) in [4.78, 5) is 24.2. The number of hydrogen-bond acceptors (Lipinski definition) is 3. The molecule has 5 nitrogen and oxygen atoms in total. The van der Waals surface area contributed by atoms with Crippen molar-refractivity contribution in [3.63, 3.8) is 0 Å². The lowest BCUT2D eigenvalue weighted by molar-refractivity contribution is 0.0963. The molecule has 0 aliphatic rings. The molecule has 0 atom stereocenters. The molecule has 0 unspecified atom stereocenters. The van der Waals surface area contributed by atoms with Gasteiger partial charge in [0.1, 0.15) is 0 Å². The second-order valence-corrected chi connectivity index (χ2v) is 5.42. The maximum Gasteiger partial charge on any atom is 0.315 e. The van der Waals surface area contributed by atoms with E-state index in [4.69, 9.17) is 0 Å². The van der Waals surface area contributed by atoms with E-state index >= 15 is 0 Å². The summed E-state index contributed by atoms with van der Waals surface area (Å²) < 4.78 is 0. The lowest BCUT2D eigenvalue weighted by Gasteiger charge is -2.07. The molecule has 0 fully saturated rings. The van der Waals surface area contributed by atoms with Crippen molar-refractivity contribution in [1.29, 1.82) is 0 Å². The van der Waals surface area contributed by atoms with Crippen LogP contribution in [0.1, 0.15) is 20.8 Å². The van der Waals surface area contributed by atoms with Crippen LogP contribution in [0.25, 0.3) is 0 Å². The normalized spacial score (nSPS) is 9.95. The molecule has 1 aromatic heterocycles. The van der Waals surface area contributed by atoms with Crippen molar-refractivity contribution in [2.75, 3.05) is 7.05 Å². The van der Waals surface area contributed by atoms with Gasteiger partial charge in [0.15, 0.2) is 0 Å². The SMILES string of the molecule is CNC(=O)c1ccc(CNC(=O)NCc2cccs2)cc1. The number of hydrogen-bond donors (Lipinski definition) is 3. The van der Waals surface area contributed by atoms with E-state index in [1.54, 1.807) is 30.5 Å². The van der Waals surface area contributed by atoms with Crippen molar-refractivity contribution in [2.24, 2.45) is 0 Å². The van der Waals surface area contributed by atoms with E-state index in [0.29, 0.717) is 18.7 Å². The van der Waals surface area contributed by atoms with Crippen LogP contribution in [0.3, 0.4) is 0 Å². The first-order valence-corrected chi connectivity index (χ1v) is 7.42. The number of thiophene rings is 1. The van der Waals surface area contributed by atoms with E-state index in [1.165, 1.54) is 0 Å². The molecule has 1 heterocycles. The Bertz CT molecular complexity index is 594. The zero-order valence-corrected chi connectivity index (χ0v) is 12.5. The van der Waals surface area contributed by atoms with Crippen molar-refractivity contribution in [1.82, 2.24) is 16.0 Å². The molecule has 6 heteroatoms. The Morgan fingerprint density at radius 2 is 1.76 bits per heavy atom. The molecule has 1 aromatic carbocycles. The fraction of sp³-hybridized carbons (Fsp3) is 0.200. The van der Waals surface area contributed by atoms with Gasteiger partial charge < -0.3 is 16.0 Å². The number of carbonyl (C=O) groups is 2. The zero-order valence-electron chi connectivity index (χ0n) is 11.7. The Balaban J connectivity index is 1.77. The summed E-state index contributed by atoms with van der Waals surface area (Å²) in [5, 5.41) is 10.1. The minimum absolute atomic E-state index is 0.122. The summed E-state index contributed by atoms with van der Waals surface area (Å²) >= 11 is 1.61. The van der Waals surface area contributed by atoms with Crippen LogP contribution in [0.15, 0.2) is 41.8 Å². The van der Waals surface area contributed by atoms with E-state index in [9.17, 15) is 9.59 Å². The average molecular weight is 303 g/mol. The third kappa shape index (κ3) is 4.61. The van der Waals surface area contributed by atoms with Gasteiger partial charge in [-0.15, -0.1) is 11.3 Å². The predicted octanol–water partition coefficient (Wildman–Crippen LogP) is 2.11. The van der Waals surface area contributed by atoms with E-state index in [-0.39, 0.29) is 11.9 Å². The standard InChI is InChI=1S/C15H17N3O2S/c1-16-14(19)12-6-4-11(5-7-12)9-17-15(20)18-10-13-3-2-8-21-13/h2-8H,9-10H2,1H3,(H,16,19)(H2,17,18,20). The molecule has 0 radical (unpaired) electrons. The number of nitrogens with one attached hydrogen (secondary N) is 3. The first kappa shape index (κ1) is 15.1. The Kier molecular flexibility index (Phi) is 5.34. The van der Waals surface area contributed by atoms with Gasteiger partial charge in [-0.2, -0.15) is 0 Å². The summed E-state index contributed by atoms with van der Waals surface area (Å²) in [6.45, 7) is 0.948. The van der Waals surface area contributed by atoms with E-state index in [2.05, 4.69) is 16.0 Å². The largest absolute Gasteiger partial charge is 0.355 e. The molecule has 110 valence electrons. The van der Waals surface area contributed by atoms with Crippen LogP contribution in [0.2, 0.25) is 0 Å². The van der Waals surface area contributed by atoms with Gasteiger partial charge in [0.25, 0.3) is 5.91 Å². The smallest absolute Gasteiger partial charge is 0.315 e. The highest BCUT2D eigenvalue weighted by molar-refractivity contribution is 7.09. The Labute approximate surface area is 127 Å². The Morgan fingerprint density at radius 3 is 2.38 bits per heavy atom. The van der Waals surface area contributed by atoms with Crippen LogP contribution in [0, 0.1) is 0 Å². The number of urea groups is 1. The van der Waals surface area contributed by atoms with Gasteiger partial charge in [-0.25, -0.2) is 4.79 Å². The fourth-order valence-corrected chi connectivity index (χ4v) is 2.39. The zero-order chi connectivity index (χ0) is 15.1. The van der Waals surface area contributed by atoms with Crippen molar-refractivity contribution in [3.8, 4) is 0 Å². The molecule has 2 rings (SSSR count). The molecule has 0 saturated heterocycles. The molecular formula is C15H17N3O2S. The second kappa shape index (κ2) is 7.44. The molecule has 21 heavy (non-hydrogen) atoms. The molecule has 0 spiro atoms. The second-order valence-electron chi connectivity index (χ2n) is 4.39. The van der Waals surface area contributed by atoms with Crippen molar-refractivity contribution < 1.29 is 9.59 Å². The Hall–Kier alpha value is -2.34. The van der Waals surface area contributed by atoms with Crippen LogP contribution < -0.4 is 16.0 Å². The summed E-state index contributed by atoms with van der Waals surface area (Å²) in [6, 6.07) is 10.8. The summed E-state index contributed by atoms with van der Waals surface area (Å²) in [5.74, 6) is -0.122. The van der Waals surface area contributed by atoms with Crippen LogP contribution in [0.5, 0.6) is 0 Å². The third-order valence-electron chi connectivity index (χ3n) is 2.90. The van der Waals surface area contributed by atoms with E-state index in [1.807, 2.05) is 29.6 Å². The molecule has 0 aliphatic heterocycles. The number of amides is 3. The quantitative estimate of drug-likeness (QED) is 0.791. The van der Waals surface area contributed by atoms with Crippen molar-refractivity contribution in [3.05, 3.63) is 57.8 Å². The maximum absolute atomic E-state index is 11.7. The van der Waals surface area contributed by atoms with Crippen LogP contribution in [-0.2, 0) is 13.1 Å². The van der Waals surface area contributed by atoms with Crippen molar-refractivity contribution >= 4 is 23.3 Å².